The van der Waals surface area contributed by atoms with Crippen molar-refractivity contribution in [2.75, 3.05) is 19.6 Å². The molecular formula is C15H19N3O2S. The zero-order valence-electron chi connectivity index (χ0n) is 11.7. The molecular weight excluding hydrogens is 286 g/mol. The second kappa shape index (κ2) is 5.10. The molecule has 21 heavy (non-hydrogen) atoms. The molecule has 112 valence electrons. The van der Waals surface area contributed by atoms with Gasteiger partial charge in [0.25, 0.3) is 0 Å². The van der Waals surface area contributed by atoms with E-state index in [1.54, 1.807) is 11.1 Å². The van der Waals surface area contributed by atoms with Gasteiger partial charge in [-0.3, -0.25) is 4.90 Å². The number of piperidine rings is 1. The molecule has 4 rings (SSSR count). The fourth-order valence-corrected chi connectivity index (χ4v) is 3.89. The molecule has 0 aromatic rings. The predicted molar refractivity (Wildman–Crippen MR) is 82.5 cm³/mol. The van der Waals surface area contributed by atoms with Crippen LogP contribution in [0.3, 0.4) is 0 Å². The van der Waals surface area contributed by atoms with Crippen molar-refractivity contribution >= 4 is 18.7 Å². The minimum atomic E-state index is -0.0989. The maximum atomic E-state index is 12.4. The third-order valence-electron chi connectivity index (χ3n) is 4.60. The van der Waals surface area contributed by atoms with Gasteiger partial charge in [-0.15, -0.1) is 12.6 Å². The Labute approximate surface area is 129 Å². The summed E-state index contributed by atoms with van der Waals surface area (Å²) in [5.74, 6) is 0.751. The molecule has 2 saturated heterocycles. The van der Waals surface area contributed by atoms with E-state index in [0.717, 1.165) is 24.5 Å². The summed E-state index contributed by atoms with van der Waals surface area (Å²) in [5, 5.41) is 3.74. The van der Waals surface area contributed by atoms with E-state index < -0.39 is 0 Å². The highest BCUT2D eigenvalue weighted by atomic mass is 32.1. The minimum absolute atomic E-state index is 0.0642. The lowest BCUT2D eigenvalue weighted by Crippen LogP contribution is -2.49. The van der Waals surface area contributed by atoms with Gasteiger partial charge >= 0.3 is 6.03 Å². The number of ether oxygens (including phenoxy) is 1. The third kappa shape index (κ3) is 2.58. The highest BCUT2D eigenvalue weighted by Crippen LogP contribution is 2.29. The van der Waals surface area contributed by atoms with Crippen molar-refractivity contribution in [2.24, 2.45) is 5.92 Å². The SMILES string of the molecule is O=C(N[C@@H]1C[C@H]2CCN(C2)C1)N1C=CC2OC(S)=CC2=C1. The molecule has 2 bridgehead atoms. The average molecular weight is 305 g/mol. The molecule has 1 N–H and O–H groups in total. The molecule has 5 nitrogen and oxygen atoms in total. The Morgan fingerprint density at radius 3 is 3.19 bits per heavy atom. The third-order valence-corrected chi connectivity index (χ3v) is 4.84. The van der Waals surface area contributed by atoms with Gasteiger partial charge in [-0.1, -0.05) is 0 Å². The van der Waals surface area contributed by atoms with Crippen molar-refractivity contribution in [3.63, 3.8) is 0 Å². The second-order valence-corrected chi connectivity index (χ2v) is 6.64. The first-order valence-electron chi connectivity index (χ1n) is 7.46. The summed E-state index contributed by atoms with van der Waals surface area (Å²) in [4.78, 5) is 16.4. The van der Waals surface area contributed by atoms with Crippen LogP contribution in [0.25, 0.3) is 0 Å². The summed E-state index contributed by atoms with van der Waals surface area (Å²) in [7, 11) is 0. The molecule has 4 atom stereocenters. The molecule has 4 heterocycles. The molecule has 6 heteroatoms. The van der Waals surface area contributed by atoms with Crippen LogP contribution in [0.1, 0.15) is 12.8 Å². The lowest BCUT2D eigenvalue weighted by atomic mass is 9.97. The fourth-order valence-electron chi connectivity index (χ4n) is 3.63. The first-order chi connectivity index (χ1) is 10.2. The minimum Gasteiger partial charge on any atom is -0.476 e. The van der Waals surface area contributed by atoms with E-state index in [9.17, 15) is 4.79 Å². The molecule has 0 radical (unpaired) electrons. The summed E-state index contributed by atoms with van der Waals surface area (Å²) >= 11 is 4.20. The van der Waals surface area contributed by atoms with E-state index in [2.05, 4.69) is 22.8 Å². The van der Waals surface area contributed by atoms with Gasteiger partial charge in [0.2, 0.25) is 0 Å². The number of hydrogen-bond donors (Lipinski definition) is 2. The van der Waals surface area contributed by atoms with Gasteiger partial charge in [-0.25, -0.2) is 4.79 Å². The Hall–Kier alpha value is -1.40. The van der Waals surface area contributed by atoms with Gasteiger partial charge in [-0.05, 0) is 37.5 Å². The highest BCUT2D eigenvalue weighted by Gasteiger charge is 2.33. The van der Waals surface area contributed by atoms with Gasteiger partial charge < -0.3 is 15.0 Å². The lowest BCUT2D eigenvalue weighted by molar-refractivity contribution is 0.192. The zero-order chi connectivity index (χ0) is 14.4. The van der Waals surface area contributed by atoms with Crippen LogP contribution in [-0.2, 0) is 4.74 Å². The summed E-state index contributed by atoms with van der Waals surface area (Å²) in [6.45, 7) is 3.36. The summed E-state index contributed by atoms with van der Waals surface area (Å²) in [6.07, 6.45) is 9.59. The number of nitrogens with zero attached hydrogens (tertiary/aromatic N) is 2. The summed E-state index contributed by atoms with van der Waals surface area (Å²) in [5.41, 5.74) is 0.963. The molecule has 0 aliphatic carbocycles. The summed E-state index contributed by atoms with van der Waals surface area (Å²) < 4.78 is 5.48. The van der Waals surface area contributed by atoms with Crippen LogP contribution in [-0.4, -0.2) is 47.6 Å². The quantitative estimate of drug-likeness (QED) is 0.725. The van der Waals surface area contributed by atoms with Crippen molar-refractivity contribution < 1.29 is 9.53 Å². The van der Waals surface area contributed by atoms with Crippen LogP contribution in [0.15, 0.2) is 35.2 Å². The number of hydrogen-bond acceptors (Lipinski definition) is 4. The van der Waals surface area contributed by atoms with Crippen molar-refractivity contribution in [3.8, 4) is 0 Å². The van der Waals surface area contributed by atoms with Gasteiger partial charge in [0.1, 0.15) is 6.10 Å². The molecule has 0 aromatic carbocycles. The molecule has 2 fully saturated rings. The van der Waals surface area contributed by atoms with Crippen LogP contribution in [0, 0.1) is 5.92 Å². The molecule has 0 aromatic heterocycles. The van der Waals surface area contributed by atoms with Crippen LogP contribution >= 0.6 is 12.6 Å². The maximum Gasteiger partial charge on any atom is 0.325 e. The van der Waals surface area contributed by atoms with E-state index in [1.165, 1.54) is 19.5 Å². The number of rotatable bonds is 1. The van der Waals surface area contributed by atoms with E-state index in [1.807, 2.05) is 18.4 Å². The number of amides is 2. The number of thiol groups is 1. The largest absolute Gasteiger partial charge is 0.476 e. The fraction of sp³-hybridized carbons (Fsp3) is 0.533. The molecule has 4 aliphatic heterocycles. The van der Waals surface area contributed by atoms with Gasteiger partial charge in [0.05, 0.1) is 0 Å². The van der Waals surface area contributed by atoms with Gasteiger partial charge in [0, 0.05) is 37.1 Å². The number of carbonyl (C=O) groups is 1. The molecule has 2 amide bonds. The highest BCUT2D eigenvalue weighted by molar-refractivity contribution is 7.84. The first-order valence-corrected chi connectivity index (χ1v) is 7.90. The van der Waals surface area contributed by atoms with E-state index in [0.29, 0.717) is 5.09 Å². The van der Waals surface area contributed by atoms with Crippen molar-refractivity contribution in [1.82, 2.24) is 15.1 Å². The van der Waals surface area contributed by atoms with E-state index in [-0.39, 0.29) is 18.2 Å². The number of nitrogens with one attached hydrogen (secondary N) is 1. The normalized spacial score (nSPS) is 36.7. The Morgan fingerprint density at radius 2 is 2.33 bits per heavy atom. The maximum absolute atomic E-state index is 12.4. The van der Waals surface area contributed by atoms with Crippen molar-refractivity contribution in [2.45, 2.75) is 25.0 Å². The molecule has 2 unspecified atom stereocenters. The van der Waals surface area contributed by atoms with Crippen molar-refractivity contribution in [1.29, 1.82) is 0 Å². The Morgan fingerprint density at radius 1 is 1.43 bits per heavy atom. The first kappa shape index (κ1) is 13.3. The zero-order valence-corrected chi connectivity index (χ0v) is 12.6. The van der Waals surface area contributed by atoms with Crippen LogP contribution in [0.5, 0.6) is 0 Å². The number of fused-ring (bicyclic) bond motifs is 3. The van der Waals surface area contributed by atoms with E-state index >= 15 is 0 Å². The standard InChI is InChI=1S/C15H19N3O2S/c19-15(16-12-5-10-1-3-17(7-10)9-12)18-4-2-13-11(8-18)6-14(21)20-13/h2,4,6,8,10,12-13,21H,1,3,5,7,9H2,(H,16,19)/t10-,12-,13?/m1/s1. The predicted octanol–water partition coefficient (Wildman–Crippen LogP) is 1.67. The summed E-state index contributed by atoms with van der Waals surface area (Å²) in [6, 6.07) is 0.199. The number of carbonyl (C=O) groups excluding carboxylic acids is 1. The monoisotopic (exact) mass is 305 g/mol. The average Bonchev–Trinajstić information content (AvgIpc) is 2.99. The number of urea groups is 1. The Bertz CT molecular complexity index is 545. The van der Waals surface area contributed by atoms with Crippen molar-refractivity contribution in [3.05, 3.63) is 35.2 Å². The second-order valence-electron chi connectivity index (χ2n) is 6.20. The molecule has 0 spiro atoms. The Balaban J connectivity index is 1.40. The molecule has 4 aliphatic rings. The van der Waals surface area contributed by atoms with Crippen LogP contribution < -0.4 is 5.32 Å². The smallest absolute Gasteiger partial charge is 0.325 e. The Kier molecular flexibility index (Phi) is 3.23. The van der Waals surface area contributed by atoms with E-state index in [4.69, 9.17) is 4.74 Å². The van der Waals surface area contributed by atoms with Crippen LogP contribution in [0.2, 0.25) is 0 Å². The molecule has 0 saturated carbocycles. The topological polar surface area (TPSA) is 44.8 Å². The van der Waals surface area contributed by atoms with Crippen LogP contribution in [0.4, 0.5) is 4.79 Å². The van der Waals surface area contributed by atoms with Gasteiger partial charge in [-0.2, -0.15) is 0 Å². The lowest BCUT2D eigenvalue weighted by Gasteiger charge is -2.32. The van der Waals surface area contributed by atoms with Gasteiger partial charge in [0.15, 0.2) is 5.09 Å².